The van der Waals surface area contributed by atoms with Crippen LogP contribution in [0.25, 0.3) is 12.2 Å². The Balaban J connectivity index is 1.14. The molecule has 506 valence electrons. The molecule has 7 rings (SSSR count). The van der Waals surface area contributed by atoms with Gasteiger partial charge < -0.3 is 68.3 Å². The molecule has 0 radical (unpaired) electrons. The second kappa shape index (κ2) is 33.5. The Labute approximate surface area is 543 Å². The van der Waals surface area contributed by atoms with Crippen molar-refractivity contribution in [2.75, 3.05) is 54.0 Å². The third kappa shape index (κ3) is 18.6. The average Bonchev–Trinajstić information content (AvgIpc) is 0.798. The smallest absolute Gasteiger partial charge is 0.411 e. The Morgan fingerprint density at radius 1 is 0.742 bits per heavy atom. The number of piperidine rings is 1. The quantitative estimate of drug-likeness (QED) is 0.0228. The van der Waals surface area contributed by atoms with Crippen molar-refractivity contribution in [3.8, 4) is 23.0 Å². The van der Waals surface area contributed by atoms with Crippen LogP contribution >= 0.6 is 0 Å². The minimum Gasteiger partial charge on any atom is -0.504 e. The lowest BCUT2D eigenvalue weighted by Crippen LogP contribution is -2.64. The molecule has 0 spiro atoms. The number of phenolic OH excluding ortho intramolecular Hbond substituents is 2. The number of fused-ring (bicyclic) bond motifs is 3. The monoisotopic (exact) mass is 1290 g/mol. The summed E-state index contributed by atoms with van der Waals surface area (Å²) in [4.78, 5) is 101. The molecule has 2 saturated heterocycles. The van der Waals surface area contributed by atoms with Gasteiger partial charge in [0, 0.05) is 58.2 Å². The van der Waals surface area contributed by atoms with Gasteiger partial charge >= 0.3 is 12.1 Å². The van der Waals surface area contributed by atoms with Gasteiger partial charge in [-0.05, 0) is 159 Å². The number of cyclic esters (lactones) is 1. The molecule has 93 heavy (non-hydrogen) atoms. The average molecular weight is 1290 g/mol. The summed E-state index contributed by atoms with van der Waals surface area (Å²) in [6, 6.07) is 13.7. The van der Waals surface area contributed by atoms with Gasteiger partial charge in [-0.1, -0.05) is 76.3 Å². The van der Waals surface area contributed by atoms with Crippen LogP contribution in [0.1, 0.15) is 128 Å². The largest absolute Gasteiger partial charge is 0.504 e. The fraction of sp³-hybridized carbons (Fsp3) is 0.535. The molecule has 2 bridgehead atoms. The fourth-order valence-corrected chi connectivity index (χ4v) is 13.1. The number of nitrogens with zero attached hydrogens (tertiary/aromatic N) is 1. The normalized spacial score (nSPS) is 29.3. The molecule has 3 heterocycles. The molecule has 2 amide bonds. The zero-order valence-corrected chi connectivity index (χ0v) is 54.8. The summed E-state index contributed by atoms with van der Waals surface area (Å²) in [6.07, 6.45) is 5.10. The van der Waals surface area contributed by atoms with Crippen LogP contribution in [0.4, 0.5) is 10.5 Å². The minimum absolute atomic E-state index is 0.00598. The van der Waals surface area contributed by atoms with Gasteiger partial charge in [0.05, 0.1) is 51.3 Å². The van der Waals surface area contributed by atoms with Gasteiger partial charge in [0.2, 0.25) is 5.79 Å². The second-order valence-corrected chi connectivity index (χ2v) is 25.2. The van der Waals surface area contributed by atoms with Crippen molar-refractivity contribution >= 4 is 58.9 Å². The Morgan fingerprint density at radius 2 is 1.34 bits per heavy atom. The molecule has 0 aromatic heterocycles. The van der Waals surface area contributed by atoms with Crippen LogP contribution in [0.15, 0.2) is 96.1 Å². The standard InChI is InChI=1S/C71H92N2O20/c1-40-31-41(2)33-62(89-9)66-63(90-10)35-43(4)71(85,93-66)67(81)68(82)73-29-12-11-13-51(73)69(83)92-65(42(3)34-47-18-25-54(76)61(38-47)88-8)44(5)57(79)39-58(80)49(32-40)28-30-91-70(84)72-50-21-19-48(20-22-50)64(55(77)26-16-45-14-23-52(74)59(36-45)86-6)56(78)27-17-46-15-24-53(75)60(37-46)87-7/h14-17,19-24,26-27,32,34,36-37,40-41,43-44,47,51,54,57,61-66,74-76,79,85H,11-13,18,25,28-31,33,35,38-39H2,1-10H3,(H,72,84)/t40?,41-,43+,44+,47-,51-,54+,57?,61+,62-,63-,64?,65?,66+,71+/m0/s1. The summed E-state index contributed by atoms with van der Waals surface area (Å²) in [6.45, 7) is 8.59. The number of carbonyl (C=O) groups is 7. The Kier molecular flexibility index (Phi) is 26.2. The molecule has 22 heteroatoms. The van der Waals surface area contributed by atoms with Gasteiger partial charge in [0.1, 0.15) is 24.2 Å². The van der Waals surface area contributed by atoms with E-state index in [1.165, 1.54) is 108 Å². The number of ketones is 4. The van der Waals surface area contributed by atoms with Gasteiger partial charge in [-0.15, -0.1) is 0 Å². The van der Waals surface area contributed by atoms with E-state index in [2.05, 4.69) is 5.32 Å². The summed E-state index contributed by atoms with van der Waals surface area (Å²) in [5.74, 6) is -11.1. The van der Waals surface area contributed by atoms with Crippen molar-refractivity contribution in [1.82, 2.24) is 4.90 Å². The molecule has 3 aromatic carbocycles. The molecule has 3 aliphatic heterocycles. The number of benzene rings is 3. The molecular formula is C71H92N2O20. The third-order valence-corrected chi connectivity index (χ3v) is 18.4. The van der Waals surface area contributed by atoms with Gasteiger partial charge in [-0.2, -0.15) is 0 Å². The first-order chi connectivity index (χ1) is 44.3. The maximum absolute atomic E-state index is 14.7. The maximum Gasteiger partial charge on any atom is 0.411 e. The summed E-state index contributed by atoms with van der Waals surface area (Å²) < 4.78 is 46.2. The van der Waals surface area contributed by atoms with E-state index in [-0.39, 0.29) is 90.0 Å². The van der Waals surface area contributed by atoms with E-state index in [9.17, 15) is 59.1 Å². The molecule has 22 nitrogen and oxygen atoms in total. The topological polar surface area (TPSA) is 310 Å². The van der Waals surface area contributed by atoms with Crippen LogP contribution in [0, 0.1) is 29.6 Å². The number of methoxy groups -OCH3 is 5. The molecule has 14 atom stereocenters. The van der Waals surface area contributed by atoms with Crippen LogP contribution in [-0.4, -0.2) is 175 Å². The molecule has 3 fully saturated rings. The van der Waals surface area contributed by atoms with E-state index < -0.39 is 120 Å². The first kappa shape index (κ1) is 72.8. The molecule has 6 N–H and O–H groups in total. The number of hydrogen-bond acceptors (Lipinski definition) is 20. The fourth-order valence-electron chi connectivity index (χ4n) is 13.1. The number of nitrogens with one attached hydrogen (secondary N) is 1. The van der Waals surface area contributed by atoms with E-state index >= 15 is 0 Å². The number of amides is 2. The highest BCUT2D eigenvalue weighted by molar-refractivity contribution is 6.39. The molecular weight excluding hydrogens is 1200 g/mol. The summed E-state index contributed by atoms with van der Waals surface area (Å²) >= 11 is 0. The number of esters is 1. The highest BCUT2D eigenvalue weighted by Gasteiger charge is 2.57. The van der Waals surface area contributed by atoms with Gasteiger partial charge in [0.15, 0.2) is 40.3 Å². The third-order valence-electron chi connectivity index (χ3n) is 18.4. The number of hydrogen-bond donors (Lipinski definition) is 6. The Bertz CT molecular complexity index is 3170. The lowest BCUT2D eigenvalue weighted by molar-refractivity contribution is -0.302. The second-order valence-electron chi connectivity index (χ2n) is 25.2. The molecule has 1 saturated carbocycles. The predicted octanol–water partition coefficient (Wildman–Crippen LogP) is 8.78. The zero-order valence-electron chi connectivity index (χ0n) is 54.8. The molecule has 4 aliphatic rings. The zero-order chi connectivity index (χ0) is 67.8. The van der Waals surface area contributed by atoms with Crippen LogP contribution < -0.4 is 14.8 Å². The summed E-state index contributed by atoms with van der Waals surface area (Å²) in [7, 11) is 7.25. The van der Waals surface area contributed by atoms with Gasteiger partial charge in [-0.3, -0.25) is 29.3 Å². The van der Waals surface area contributed by atoms with Crippen molar-refractivity contribution in [3.05, 3.63) is 113 Å². The number of aromatic hydroxyl groups is 2. The number of phenols is 2. The minimum atomic E-state index is -2.62. The number of aliphatic hydroxyl groups excluding tert-OH is 2. The SMILES string of the molecule is COc1cc(C=CC(=O)C(C(=O)C=Cc2ccc(O)c(OC)c2)c2ccc(NC(=O)OCCC3=CC(C)C[C@H](C)C[C@H](OC)[C@H]4O[C@@](O)(C(=O)C(=O)N5CCCC[C@H]5C(=O)OC(C(C)=C[C@@H]5CC[C@@H](O)[C@H](OC)C5)[C@H](C)C(O)CC3=O)[C@H](C)C[C@@H]4OC)cc2)ccc1O. The van der Waals surface area contributed by atoms with Crippen LogP contribution in [0.5, 0.6) is 23.0 Å². The summed E-state index contributed by atoms with van der Waals surface area (Å²) in [5.41, 5.74) is 2.34. The first-order valence-corrected chi connectivity index (χ1v) is 31.9. The van der Waals surface area contributed by atoms with E-state index in [4.69, 9.17) is 37.9 Å². The van der Waals surface area contributed by atoms with Crippen molar-refractivity contribution in [2.45, 2.75) is 166 Å². The van der Waals surface area contributed by atoms with E-state index in [0.717, 1.165) is 4.90 Å². The summed E-state index contributed by atoms with van der Waals surface area (Å²) in [5, 5.41) is 57.9. The number of allylic oxidation sites excluding steroid dienone is 4. The van der Waals surface area contributed by atoms with Crippen molar-refractivity contribution in [2.24, 2.45) is 29.6 Å². The number of rotatable bonds is 18. The molecule has 1 aliphatic carbocycles. The van der Waals surface area contributed by atoms with Crippen LogP contribution in [0.2, 0.25) is 0 Å². The first-order valence-electron chi connectivity index (χ1n) is 31.9. The van der Waals surface area contributed by atoms with Crippen LogP contribution in [-0.2, 0) is 57.2 Å². The van der Waals surface area contributed by atoms with E-state index in [0.29, 0.717) is 61.6 Å². The number of ether oxygens (including phenoxy) is 8. The number of aliphatic hydroxyl groups is 3. The Morgan fingerprint density at radius 3 is 1.94 bits per heavy atom. The van der Waals surface area contributed by atoms with Gasteiger partial charge in [0.25, 0.3) is 11.7 Å². The van der Waals surface area contributed by atoms with Gasteiger partial charge in [-0.25, -0.2) is 9.59 Å². The molecule has 3 aromatic rings. The van der Waals surface area contributed by atoms with E-state index in [1.54, 1.807) is 39.0 Å². The lowest BCUT2D eigenvalue weighted by atomic mass is 9.81. The highest BCUT2D eigenvalue weighted by atomic mass is 16.7. The van der Waals surface area contributed by atoms with Crippen molar-refractivity contribution < 1.29 is 97.0 Å². The van der Waals surface area contributed by atoms with E-state index in [1.807, 2.05) is 19.9 Å². The maximum atomic E-state index is 14.7. The Hall–Kier alpha value is -7.57. The van der Waals surface area contributed by atoms with Crippen molar-refractivity contribution in [1.29, 1.82) is 0 Å². The molecule has 3 unspecified atom stereocenters. The predicted molar refractivity (Wildman–Crippen MR) is 344 cm³/mol. The van der Waals surface area contributed by atoms with Crippen molar-refractivity contribution in [3.63, 3.8) is 0 Å². The van der Waals surface area contributed by atoms with Crippen LogP contribution in [0.3, 0.4) is 0 Å². The lowest BCUT2D eigenvalue weighted by Gasteiger charge is -2.47. The highest BCUT2D eigenvalue weighted by Crippen LogP contribution is 2.40. The number of anilines is 1. The number of carbonyl (C=O) groups excluding carboxylic acids is 7. The number of Topliss-reactive ketones (excluding diaryl/α,β-unsaturated/α-hetero) is 2.